The molecule has 6 nitrogen and oxygen atoms in total. The quantitative estimate of drug-likeness (QED) is 0.767. The predicted octanol–water partition coefficient (Wildman–Crippen LogP) is 3.24. The van der Waals surface area contributed by atoms with Crippen molar-refractivity contribution in [3.05, 3.63) is 53.6 Å². The fraction of sp³-hybridized carbons (Fsp3) is 0.263. The number of methoxy groups -OCH3 is 1. The van der Waals surface area contributed by atoms with Crippen LogP contribution < -0.4 is 14.8 Å². The van der Waals surface area contributed by atoms with Gasteiger partial charge in [0.2, 0.25) is 5.91 Å². The van der Waals surface area contributed by atoms with E-state index < -0.39 is 6.61 Å². The first-order chi connectivity index (χ1) is 12.9. The van der Waals surface area contributed by atoms with E-state index in [0.717, 1.165) is 0 Å². The van der Waals surface area contributed by atoms with Crippen LogP contribution in [0.1, 0.15) is 11.1 Å². The zero-order valence-electron chi connectivity index (χ0n) is 14.9. The molecule has 0 aliphatic rings. The van der Waals surface area contributed by atoms with Crippen LogP contribution in [0.5, 0.6) is 11.5 Å². The fourth-order valence-corrected chi connectivity index (χ4v) is 2.49. The molecule has 0 spiro atoms. The molecule has 0 bridgehead atoms. The van der Waals surface area contributed by atoms with Gasteiger partial charge in [0.25, 0.3) is 0 Å². The maximum atomic E-state index is 12.5. The van der Waals surface area contributed by atoms with E-state index in [4.69, 9.17) is 10.00 Å². The van der Waals surface area contributed by atoms with Crippen LogP contribution in [0.4, 0.5) is 14.5 Å². The summed E-state index contributed by atoms with van der Waals surface area (Å²) < 4.78 is 34.5. The van der Waals surface area contributed by atoms with Crippen LogP contribution in [0.2, 0.25) is 0 Å². The lowest BCUT2D eigenvalue weighted by atomic mass is 10.2. The number of anilines is 1. The van der Waals surface area contributed by atoms with Gasteiger partial charge < -0.3 is 14.8 Å². The molecule has 27 heavy (non-hydrogen) atoms. The Bertz CT molecular complexity index is 837. The van der Waals surface area contributed by atoms with Gasteiger partial charge >= 0.3 is 6.61 Å². The molecule has 2 aromatic carbocycles. The van der Waals surface area contributed by atoms with E-state index in [1.807, 2.05) is 6.07 Å². The Morgan fingerprint density at radius 2 is 2.04 bits per heavy atom. The molecular formula is C19H19F2N3O3. The first-order valence-electron chi connectivity index (χ1n) is 8.01. The number of halogens is 2. The van der Waals surface area contributed by atoms with Crippen LogP contribution >= 0.6 is 0 Å². The van der Waals surface area contributed by atoms with Crippen molar-refractivity contribution in [3.8, 4) is 17.6 Å². The van der Waals surface area contributed by atoms with Gasteiger partial charge in [-0.15, -0.1) is 0 Å². The van der Waals surface area contributed by atoms with Crippen LogP contribution in [0.25, 0.3) is 0 Å². The van der Waals surface area contributed by atoms with E-state index in [1.54, 1.807) is 42.3 Å². The Hall–Kier alpha value is -3.18. The van der Waals surface area contributed by atoms with Crippen molar-refractivity contribution in [2.45, 2.75) is 13.2 Å². The highest BCUT2D eigenvalue weighted by molar-refractivity contribution is 5.92. The summed E-state index contributed by atoms with van der Waals surface area (Å²) in [4.78, 5) is 13.9. The minimum absolute atomic E-state index is 0.0591. The van der Waals surface area contributed by atoms with Crippen LogP contribution in [0, 0.1) is 11.3 Å². The maximum Gasteiger partial charge on any atom is 0.387 e. The summed E-state index contributed by atoms with van der Waals surface area (Å²) in [6.07, 6.45) is 0. The number of hydrogen-bond acceptors (Lipinski definition) is 5. The maximum absolute atomic E-state index is 12.5. The Labute approximate surface area is 155 Å². The van der Waals surface area contributed by atoms with Gasteiger partial charge in [-0.25, -0.2) is 0 Å². The number of likely N-dealkylation sites (N-methyl/N-ethyl adjacent to an activating group) is 1. The third kappa shape index (κ3) is 6.24. The Morgan fingerprint density at radius 3 is 2.70 bits per heavy atom. The first kappa shape index (κ1) is 20.1. The van der Waals surface area contributed by atoms with E-state index >= 15 is 0 Å². The molecule has 0 fully saturated rings. The van der Waals surface area contributed by atoms with Crippen molar-refractivity contribution >= 4 is 11.6 Å². The van der Waals surface area contributed by atoms with Crippen molar-refractivity contribution in [1.29, 1.82) is 5.26 Å². The second kappa shape index (κ2) is 9.50. The number of benzene rings is 2. The molecule has 1 N–H and O–H groups in total. The highest BCUT2D eigenvalue weighted by atomic mass is 19.3. The van der Waals surface area contributed by atoms with Gasteiger partial charge in [0.05, 0.1) is 25.3 Å². The van der Waals surface area contributed by atoms with Gasteiger partial charge in [0.15, 0.2) is 11.5 Å². The Kier molecular flexibility index (Phi) is 7.08. The number of nitrogens with one attached hydrogen (secondary N) is 1. The summed E-state index contributed by atoms with van der Waals surface area (Å²) in [6.45, 7) is -2.54. The minimum Gasteiger partial charge on any atom is -0.493 e. The van der Waals surface area contributed by atoms with E-state index in [1.165, 1.54) is 19.2 Å². The highest BCUT2D eigenvalue weighted by Gasteiger charge is 2.13. The second-order valence-electron chi connectivity index (χ2n) is 5.78. The normalized spacial score (nSPS) is 10.6. The van der Waals surface area contributed by atoms with Gasteiger partial charge in [-0.05, 0) is 42.9 Å². The van der Waals surface area contributed by atoms with Crippen molar-refractivity contribution < 1.29 is 23.0 Å². The lowest BCUT2D eigenvalue weighted by Gasteiger charge is -2.18. The molecule has 142 valence electrons. The summed E-state index contributed by atoms with van der Waals surface area (Å²) in [5.41, 5.74) is 1.67. The third-order valence-electron chi connectivity index (χ3n) is 3.59. The van der Waals surface area contributed by atoms with Gasteiger partial charge in [0, 0.05) is 12.2 Å². The summed E-state index contributed by atoms with van der Waals surface area (Å²) in [6, 6.07) is 13.3. The van der Waals surface area contributed by atoms with Crippen molar-refractivity contribution in [1.82, 2.24) is 4.90 Å². The van der Waals surface area contributed by atoms with E-state index in [2.05, 4.69) is 10.1 Å². The Morgan fingerprint density at radius 1 is 1.26 bits per heavy atom. The van der Waals surface area contributed by atoms with Crippen LogP contribution in [0.3, 0.4) is 0 Å². The van der Waals surface area contributed by atoms with Gasteiger partial charge in [-0.2, -0.15) is 14.0 Å². The van der Waals surface area contributed by atoms with Crippen LogP contribution in [0.15, 0.2) is 42.5 Å². The molecule has 0 heterocycles. The van der Waals surface area contributed by atoms with Crippen molar-refractivity contribution in [2.24, 2.45) is 0 Å². The van der Waals surface area contributed by atoms with E-state index in [9.17, 15) is 13.6 Å². The number of nitrogens with zero attached hydrogens (tertiary/aromatic N) is 2. The molecule has 2 rings (SSSR count). The van der Waals surface area contributed by atoms with Gasteiger partial charge in [-0.1, -0.05) is 12.1 Å². The molecule has 1 amide bonds. The Balaban J connectivity index is 1.97. The number of ether oxygens (including phenoxy) is 2. The molecule has 8 heteroatoms. The van der Waals surface area contributed by atoms with E-state index in [-0.39, 0.29) is 24.0 Å². The fourth-order valence-electron chi connectivity index (χ4n) is 2.49. The second-order valence-corrected chi connectivity index (χ2v) is 5.78. The predicted molar refractivity (Wildman–Crippen MR) is 95.7 cm³/mol. The zero-order chi connectivity index (χ0) is 19.8. The molecule has 0 saturated carbocycles. The number of amides is 1. The molecule has 0 saturated heterocycles. The number of carbonyl (C=O) groups excluding carboxylic acids is 1. The molecule has 0 radical (unpaired) electrons. The smallest absolute Gasteiger partial charge is 0.387 e. The minimum atomic E-state index is -2.96. The number of carbonyl (C=O) groups is 1. The molecule has 2 aromatic rings. The number of alkyl halides is 2. The molecule has 0 aliphatic carbocycles. The summed E-state index contributed by atoms with van der Waals surface area (Å²) in [5, 5.41) is 11.6. The van der Waals surface area contributed by atoms with Crippen molar-refractivity contribution in [3.63, 3.8) is 0 Å². The topological polar surface area (TPSA) is 74.6 Å². The highest BCUT2D eigenvalue weighted by Crippen LogP contribution is 2.29. The largest absolute Gasteiger partial charge is 0.493 e. The summed E-state index contributed by atoms with van der Waals surface area (Å²) >= 11 is 0. The average Bonchev–Trinajstić information content (AvgIpc) is 2.61. The van der Waals surface area contributed by atoms with Crippen molar-refractivity contribution in [2.75, 3.05) is 26.0 Å². The SMILES string of the molecule is COc1ccc(CN(C)CC(=O)Nc2cccc(C#N)c2)cc1OC(F)F. The molecule has 0 unspecified atom stereocenters. The molecule has 0 aliphatic heterocycles. The number of nitriles is 1. The average molecular weight is 375 g/mol. The summed E-state index contributed by atoms with van der Waals surface area (Å²) in [5.74, 6) is -0.113. The molecule has 0 aromatic heterocycles. The van der Waals surface area contributed by atoms with Crippen LogP contribution in [-0.2, 0) is 11.3 Å². The third-order valence-corrected chi connectivity index (χ3v) is 3.59. The number of hydrogen-bond donors (Lipinski definition) is 1. The van der Waals surface area contributed by atoms with E-state index in [0.29, 0.717) is 23.4 Å². The molecule has 0 atom stereocenters. The monoisotopic (exact) mass is 375 g/mol. The molecular weight excluding hydrogens is 356 g/mol. The zero-order valence-corrected chi connectivity index (χ0v) is 14.9. The lowest BCUT2D eigenvalue weighted by molar-refractivity contribution is -0.117. The van der Waals surface area contributed by atoms with Crippen LogP contribution in [-0.4, -0.2) is 38.1 Å². The van der Waals surface area contributed by atoms with Gasteiger partial charge in [0.1, 0.15) is 0 Å². The number of rotatable bonds is 8. The lowest BCUT2D eigenvalue weighted by Crippen LogP contribution is -2.29. The first-order valence-corrected chi connectivity index (χ1v) is 8.01. The standard InChI is InChI=1S/C19H19F2N3O3/c1-24(12-18(25)23-15-5-3-4-13(8-15)10-22)11-14-6-7-16(26-2)17(9-14)27-19(20)21/h3-9,19H,11-12H2,1-2H3,(H,23,25). The summed E-state index contributed by atoms with van der Waals surface area (Å²) in [7, 11) is 3.09. The van der Waals surface area contributed by atoms with Gasteiger partial charge in [-0.3, -0.25) is 9.69 Å².